The van der Waals surface area contributed by atoms with E-state index in [0.717, 1.165) is 44.6 Å². The Labute approximate surface area is 212 Å². The zero-order valence-corrected chi connectivity index (χ0v) is 20.1. The molecule has 1 aromatic carbocycles. The molecule has 3 aliphatic rings. The van der Waals surface area contributed by atoms with E-state index in [1.165, 1.54) is 16.6 Å². The van der Waals surface area contributed by atoms with Gasteiger partial charge in [-0.15, -0.1) is 5.10 Å². The topological polar surface area (TPSA) is 127 Å². The average molecular weight is 507 g/mol. The molecule has 0 unspecified atom stereocenters. The second kappa shape index (κ2) is 9.13. The molecule has 6 rings (SSSR count). The van der Waals surface area contributed by atoms with Crippen molar-refractivity contribution < 1.29 is 23.5 Å². The number of hydrogen-bond donors (Lipinski definition) is 3. The highest BCUT2D eigenvalue weighted by Gasteiger charge is 2.56. The van der Waals surface area contributed by atoms with Gasteiger partial charge < -0.3 is 20.7 Å². The smallest absolute Gasteiger partial charge is 0.240 e. The summed E-state index contributed by atoms with van der Waals surface area (Å²) in [6, 6.07) is 7.39. The number of benzene rings is 1. The molecule has 3 amide bonds. The molecule has 2 aromatic heterocycles. The van der Waals surface area contributed by atoms with Crippen molar-refractivity contribution in [3.8, 4) is 11.6 Å². The Kier molecular flexibility index (Phi) is 5.77. The van der Waals surface area contributed by atoms with Crippen molar-refractivity contribution in [1.29, 1.82) is 0 Å². The first-order valence-corrected chi connectivity index (χ1v) is 12.7. The van der Waals surface area contributed by atoms with Crippen molar-refractivity contribution >= 4 is 34.9 Å². The number of anilines is 2. The lowest BCUT2D eigenvalue weighted by molar-refractivity contribution is -0.134. The van der Waals surface area contributed by atoms with Gasteiger partial charge in [-0.2, -0.15) is 0 Å². The Morgan fingerprint density at radius 1 is 1.00 bits per heavy atom. The molecule has 0 radical (unpaired) electrons. The quantitative estimate of drug-likeness (QED) is 0.399. The third-order valence-corrected chi connectivity index (χ3v) is 7.21. The third-order valence-electron chi connectivity index (χ3n) is 7.21. The second-order valence-corrected chi connectivity index (χ2v) is 10.1. The Balaban J connectivity index is 1.10. The molecule has 3 fully saturated rings. The van der Waals surface area contributed by atoms with Crippen molar-refractivity contribution in [2.24, 2.45) is 11.3 Å². The zero-order chi connectivity index (χ0) is 25.6. The fourth-order valence-electron chi connectivity index (χ4n) is 4.65. The normalized spacial score (nSPS) is 18.4. The van der Waals surface area contributed by atoms with Crippen LogP contribution in [0.4, 0.5) is 15.9 Å². The van der Waals surface area contributed by atoms with Gasteiger partial charge in [0.05, 0.1) is 6.20 Å². The molecule has 0 spiro atoms. The van der Waals surface area contributed by atoms with Crippen LogP contribution in [0.5, 0.6) is 11.6 Å². The summed E-state index contributed by atoms with van der Waals surface area (Å²) >= 11 is 0. The van der Waals surface area contributed by atoms with Gasteiger partial charge in [-0.05, 0) is 56.7 Å². The molecule has 0 aliphatic heterocycles. The molecule has 2 heterocycles. The Morgan fingerprint density at radius 2 is 1.78 bits per heavy atom. The lowest BCUT2D eigenvalue weighted by atomic mass is 10.0. The van der Waals surface area contributed by atoms with Crippen LogP contribution in [0.1, 0.15) is 51.4 Å². The number of amides is 3. The predicted octanol–water partition coefficient (Wildman–Crippen LogP) is 3.79. The molecule has 0 saturated heterocycles. The van der Waals surface area contributed by atoms with E-state index in [9.17, 15) is 18.8 Å². The number of nitrogens with zero attached hydrogens (tertiary/aromatic N) is 3. The first-order valence-electron chi connectivity index (χ1n) is 12.7. The van der Waals surface area contributed by atoms with Gasteiger partial charge in [-0.25, -0.2) is 13.9 Å². The van der Waals surface area contributed by atoms with Crippen LogP contribution in [0.2, 0.25) is 0 Å². The second-order valence-electron chi connectivity index (χ2n) is 10.1. The van der Waals surface area contributed by atoms with Crippen LogP contribution in [0.25, 0.3) is 5.65 Å². The van der Waals surface area contributed by atoms with E-state index in [1.807, 2.05) is 0 Å². The van der Waals surface area contributed by atoms with Crippen LogP contribution < -0.4 is 20.7 Å². The number of imidazole rings is 1. The molecule has 3 saturated carbocycles. The fourth-order valence-corrected chi connectivity index (χ4v) is 4.65. The number of hydrogen-bond acceptors (Lipinski definition) is 6. The number of halogens is 1. The minimum Gasteiger partial charge on any atom is -0.434 e. The molecule has 3 N–H and O–H groups in total. The number of ether oxygens (including phenoxy) is 1. The average Bonchev–Trinajstić information content (AvgIpc) is 3.79. The van der Waals surface area contributed by atoms with Crippen molar-refractivity contribution in [2.75, 3.05) is 10.6 Å². The SMILES string of the molecule is O=C(Nc1cn2nc(Oc3ccc(NC(=O)C4(C(=O)NC5CCCC5)CC4)cc3F)ccc2n1)C1CC1. The van der Waals surface area contributed by atoms with E-state index in [4.69, 9.17) is 4.74 Å². The third kappa shape index (κ3) is 4.85. The Hall–Kier alpha value is -4.02. The summed E-state index contributed by atoms with van der Waals surface area (Å²) in [4.78, 5) is 41.8. The lowest BCUT2D eigenvalue weighted by Gasteiger charge is -2.19. The van der Waals surface area contributed by atoms with Gasteiger partial charge in [-0.1, -0.05) is 12.8 Å². The number of rotatable bonds is 8. The molecule has 0 bridgehead atoms. The molecule has 0 atom stereocenters. The zero-order valence-electron chi connectivity index (χ0n) is 20.1. The van der Waals surface area contributed by atoms with Gasteiger partial charge in [0.1, 0.15) is 5.41 Å². The molecule has 11 heteroatoms. The number of nitrogens with one attached hydrogen (secondary N) is 3. The van der Waals surface area contributed by atoms with E-state index in [1.54, 1.807) is 18.3 Å². The van der Waals surface area contributed by atoms with Crippen LogP contribution in [-0.2, 0) is 14.4 Å². The van der Waals surface area contributed by atoms with E-state index in [0.29, 0.717) is 24.3 Å². The van der Waals surface area contributed by atoms with Crippen molar-refractivity contribution in [1.82, 2.24) is 19.9 Å². The van der Waals surface area contributed by atoms with Gasteiger partial charge in [0, 0.05) is 29.8 Å². The number of carbonyl (C=O) groups is 3. The minimum absolute atomic E-state index is 0.0521. The summed E-state index contributed by atoms with van der Waals surface area (Å²) in [5.74, 6) is -0.927. The fraction of sp³-hybridized carbons (Fsp3) is 0.423. The first kappa shape index (κ1) is 23.4. The van der Waals surface area contributed by atoms with Crippen molar-refractivity contribution in [3.05, 3.63) is 42.3 Å². The maximum absolute atomic E-state index is 14.8. The number of aromatic nitrogens is 3. The summed E-state index contributed by atoms with van der Waals surface area (Å²) in [5.41, 5.74) is -0.332. The molecule has 3 aliphatic carbocycles. The van der Waals surface area contributed by atoms with E-state index >= 15 is 0 Å². The molecule has 10 nitrogen and oxygen atoms in total. The van der Waals surface area contributed by atoms with Gasteiger partial charge in [0.2, 0.25) is 23.6 Å². The van der Waals surface area contributed by atoms with Crippen LogP contribution in [0, 0.1) is 17.2 Å². The van der Waals surface area contributed by atoms with Crippen LogP contribution in [0.15, 0.2) is 36.5 Å². The van der Waals surface area contributed by atoms with Gasteiger partial charge in [0.25, 0.3) is 0 Å². The monoisotopic (exact) mass is 506 g/mol. The first-order chi connectivity index (χ1) is 17.9. The summed E-state index contributed by atoms with van der Waals surface area (Å²) in [6.45, 7) is 0. The number of carbonyl (C=O) groups excluding carboxylic acids is 3. The van der Waals surface area contributed by atoms with E-state index in [2.05, 4.69) is 26.0 Å². The van der Waals surface area contributed by atoms with Gasteiger partial charge >= 0.3 is 0 Å². The minimum atomic E-state index is -1.07. The van der Waals surface area contributed by atoms with Crippen molar-refractivity contribution in [2.45, 2.75) is 57.4 Å². The highest BCUT2D eigenvalue weighted by molar-refractivity contribution is 6.13. The van der Waals surface area contributed by atoms with Crippen LogP contribution in [0.3, 0.4) is 0 Å². The molecule has 192 valence electrons. The lowest BCUT2D eigenvalue weighted by Crippen LogP contribution is -2.43. The summed E-state index contributed by atoms with van der Waals surface area (Å²) < 4.78 is 21.9. The highest BCUT2D eigenvalue weighted by Crippen LogP contribution is 2.47. The maximum atomic E-state index is 14.8. The standard InChI is InChI=1S/C26H27FN6O4/c27-18-13-17(29-25(36)26(11-12-26)24(35)28-16-3-1-2-4-16)7-8-19(18)37-22-10-9-21-30-20(14-33(21)32-22)31-23(34)15-5-6-15/h7-10,13-16H,1-6,11-12H2,(H,28,35)(H,29,36)(H,31,34). The van der Waals surface area contributed by atoms with Crippen molar-refractivity contribution in [3.63, 3.8) is 0 Å². The largest absolute Gasteiger partial charge is 0.434 e. The molecule has 3 aromatic rings. The van der Waals surface area contributed by atoms with Crippen LogP contribution in [-0.4, -0.2) is 38.4 Å². The molecular formula is C26H27FN6O4. The van der Waals surface area contributed by atoms with Gasteiger partial charge in [0.15, 0.2) is 23.0 Å². The predicted molar refractivity (Wildman–Crippen MR) is 132 cm³/mol. The number of fused-ring (bicyclic) bond motifs is 1. The Morgan fingerprint density at radius 3 is 2.49 bits per heavy atom. The van der Waals surface area contributed by atoms with Crippen LogP contribution >= 0.6 is 0 Å². The highest BCUT2D eigenvalue weighted by atomic mass is 19.1. The molecule has 37 heavy (non-hydrogen) atoms. The van der Waals surface area contributed by atoms with E-state index in [-0.39, 0.29) is 41.1 Å². The van der Waals surface area contributed by atoms with E-state index < -0.39 is 17.1 Å². The van der Waals surface area contributed by atoms with Gasteiger partial charge in [-0.3, -0.25) is 14.4 Å². The summed E-state index contributed by atoms with van der Waals surface area (Å²) in [5, 5.41) is 12.7. The summed E-state index contributed by atoms with van der Waals surface area (Å²) in [7, 11) is 0. The molecular weight excluding hydrogens is 479 g/mol. The summed E-state index contributed by atoms with van der Waals surface area (Å²) in [6.07, 6.45) is 8.36. The maximum Gasteiger partial charge on any atom is 0.240 e. The Bertz CT molecular complexity index is 1390.